The smallest absolute Gasteiger partial charge is 0.310 e. The highest BCUT2D eigenvalue weighted by atomic mass is 79.9. The number of carbonyl (C=O) groups excluding carboxylic acids is 1. The van der Waals surface area contributed by atoms with Gasteiger partial charge in [-0.3, -0.25) is 4.79 Å². The van der Waals surface area contributed by atoms with Crippen LogP contribution in [0.1, 0.15) is 10.6 Å². The highest BCUT2D eigenvalue weighted by molar-refractivity contribution is 9.10. The number of aryl methyl sites for hydroxylation is 1. The molecule has 6 heteroatoms. The van der Waals surface area contributed by atoms with Crippen LogP contribution in [0.2, 0.25) is 0 Å². The Labute approximate surface area is 116 Å². The van der Waals surface area contributed by atoms with Gasteiger partial charge in [0.1, 0.15) is 5.01 Å². The molecule has 0 aliphatic heterocycles. The van der Waals surface area contributed by atoms with E-state index in [0.29, 0.717) is 6.42 Å². The van der Waals surface area contributed by atoms with Crippen molar-refractivity contribution in [2.45, 2.75) is 13.3 Å². The number of hydrogen-bond acceptors (Lipinski definition) is 5. The average molecular weight is 332 g/mol. The number of carbonyl (C=O) groups is 1. The topological polar surface area (TPSA) is 39.2 Å². The molecule has 0 aliphatic carbocycles. The van der Waals surface area contributed by atoms with Gasteiger partial charge in [-0.15, -0.1) is 22.7 Å². The minimum absolute atomic E-state index is 0.226. The summed E-state index contributed by atoms with van der Waals surface area (Å²) in [6, 6.07) is 2.03. The zero-order valence-electron chi connectivity index (χ0n) is 9.32. The van der Waals surface area contributed by atoms with Gasteiger partial charge in [0.2, 0.25) is 0 Å². The molecule has 0 unspecified atom stereocenters. The van der Waals surface area contributed by atoms with E-state index >= 15 is 0 Å². The molecular weight excluding hydrogens is 322 g/mol. The number of thiazole rings is 1. The molecule has 3 nitrogen and oxygen atoms in total. The van der Waals surface area contributed by atoms with Gasteiger partial charge in [-0.2, -0.15) is 0 Å². The Morgan fingerprint density at radius 1 is 1.59 bits per heavy atom. The van der Waals surface area contributed by atoms with Crippen LogP contribution in [0, 0.1) is 6.92 Å². The largest absolute Gasteiger partial charge is 0.469 e. The van der Waals surface area contributed by atoms with E-state index in [9.17, 15) is 4.79 Å². The third-order valence-electron chi connectivity index (χ3n) is 2.20. The predicted octanol–water partition coefficient (Wildman–Crippen LogP) is 3.66. The number of nitrogens with zero attached hydrogens (tertiary/aromatic N) is 1. The van der Waals surface area contributed by atoms with E-state index in [2.05, 4.69) is 25.7 Å². The molecule has 2 aromatic rings. The summed E-state index contributed by atoms with van der Waals surface area (Å²) >= 11 is 6.60. The first-order valence-electron chi connectivity index (χ1n) is 4.87. The highest BCUT2D eigenvalue weighted by Gasteiger charge is 2.14. The summed E-state index contributed by atoms with van der Waals surface area (Å²) in [6.45, 7) is 1.92. The van der Waals surface area contributed by atoms with Crippen molar-refractivity contribution in [2.24, 2.45) is 0 Å². The molecule has 0 aliphatic rings. The fourth-order valence-corrected chi connectivity index (χ4v) is 3.86. The van der Waals surface area contributed by atoms with E-state index in [4.69, 9.17) is 0 Å². The van der Waals surface area contributed by atoms with Gasteiger partial charge < -0.3 is 4.74 Å². The fourth-order valence-electron chi connectivity index (χ4n) is 1.33. The molecule has 0 N–H and O–H groups in total. The van der Waals surface area contributed by atoms with Gasteiger partial charge in [-0.05, 0) is 28.9 Å². The van der Waals surface area contributed by atoms with Crippen LogP contribution in [0.5, 0.6) is 0 Å². The maximum absolute atomic E-state index is 11.2. The number of esters is 1. The SMILES string of the molecule is COC(=O)Cc1sc(-c2cc(Br)cs2)nc1C. The molecule has 0 amide bonds. The highest BCUT2D eigenvalue weighted by Crippen LogP contribution is 2.34. The van der Waals surface area contributed by atoms with Gasteiger partial charge in [-0.25, -0.2) is 4.98 Å². The third kappa shape index (κ3) is 2.94. The molecule has 0 spiro atoms. The van der Waals surface area contributed by atoms with Gasteiger partial charge in [0.05, 0.1) is 24.1 Å². The molecule has 17 heavy (non-hydrogen) atoms. The van der Waals surface area contributed by atoms with E-state index < -0.39 is 0 Å². The lowest BCUT2D eigenvalue weighted by molar-refractivity contribution is -0.139. The van der Waals surface area contributed by atoms with E-state index in [-0.39, 0.29) is 5.97 Å². The summed E-state index contributed by atoms with van der Waals surface area (Å²) in [5.74, 6) is -0.226. The molecule has 0 bridgehead atoms. The lowest BCUT2D eigenvalue weighted by Gasteiger charge is -1.95. The van der Waals surface area contributed by atoms with Gasteiger partial charge in [0.25, 0.3) is 0 Å². The Balaban J connectivity index is 2.27. The van der Waals surface area contributed by atoms with Crippen LogP contribution in [-0.4, -0.2) is 18.1 Å². The fraction of sp³-hybridized carbons (Fsp3) is 0.273. The third-order valence-corrected chi connectivity index (χ3v) is 5.22. The van der Waals surface area contributed by atoms with E-state index in [1.807, 2.05) is 18.4 Å². The number of thiophene rings is 1. The van der Waals surface area contributed by atoms with Crippen molar-refractivity contribution >= 4 is 44.6 Å². The summed E-state index contributed by atoms with van der Waals surface area (Å²) in [7, 11) is 1.40. The maximum Gasteiger partial charge on any atom is 0.310 e. The van der Waals surface area contributed by atoms with Crippen LogP contribution in [-0.2, 0) is 16.0 Å². The molecule has 0 aromatic carbocycles. The van der Waals surface area contributed by atoms with E-state index in [1.54, 1.807) is 22.7 Å². The van der Waals surface area contributed by atoms with E-state index in [1.165, 1.54) is 7.11 Å². The Morgan fingerprint density at radius 3 is 2.94 bits per heavy atom. The Kier molecular flexibility index (Phi) is 3.96. The summed E-state index contributed by atoms with van der Waals surface area (Å²) in [4.78, 5) is 17.8. The summed E-state index contributed by atoms with van der Waals surface area (Å²) in [5.41, 5.74) is 0.903. The molecule has 90 valence electrons. The zero-order chi connectivity index (χ0) is 12.4. The lowest BCUT2D eigenvalue weighted by Crippen LogP contribution is -2.03. The van der Waals surface area contributed by atoms with Gasteiger partial charge in [0, 0.05) is 14.7 Å². The van der Waals surface area contributed by atoms with Crippen molar-refractivity contribution in [3.63, 3.8) is 0 Å². The van der Waals surface area contributed by atoms with Gasteiger partial charge in [-0.1, -0.05) is 0 Å². The molecule has 0 atom stereocenters. The normalized spacial score (nSPS) is 10.5. The van der Waals surface area contributed by atoms with Crippen LogP contribution < -0.4 is 0 Å². The van der Waals surface area contributed by atoms with Crippen molar-refractivity contribution < 1.29 is 9.53 Å². The number of aromatic nitrogens is 1. The number of ether oxygens (including phenoxy) is 1. The zero-order valence-corrected chi connectivity index (χ0v) is 12.5. The van der Waals surface area contributed by atoms with Crippen LogP contribution in [0.3, 0.4) is 0 Å². The first kappa shape index (κ1) is 12.7. The minimum Gasteiger partial charge on any atom is -0.469 e. The van der Waals surface area contributed by atoms with Crippen LogP contribution >= 0.6 is 38.6 Å². The monoisotopic (exact) mass is 331 g/mol. The first-order valence-corrected chi connectivity index (χ1v) is 7.36. The van der Waals surface area contributed by atoms with Crippen LogP contribution in [0.25, 0.3) is 9.88 Å². The number of rotatable bonds is 3. The molecule has 0 saturated heterocycles. The van der Waals surface area contributed by atoms with Gasteiger partial charge in [0.15, 0.2) is 0 Å². The van der Waals surface area contributed by atoms with Crippen molar-refractivity contribution in [1.82, 2.24) is 4.98 Å². The van der Waals surface area contributed by atoms with Crippen LogP contribution in [0.4, 0.5) is 0 Å². The second-order valence-electron chi connectivity index (χ2n) is 3.41. The predicted molar refractivity (Wildman–Crippen MR) is 73.6 cm³/mol. The second-order valence-corrected chi connectivity index (χ2v) is 6.32. The minimum atomic E-state index is -0.226. The number of halogens is 1. The van der Waals surface area contributed by atoms with Crippen molar-refractivity contribution in [3.8, 4) is 9.88 Å². The summed E-state index contributed by atoms with van der Waals surface area (Å²) < 4.78 is 5.72. The number of hydrogen-bond donors (Lipinski definition) is 0. The molecule has 0 saturated carbocycles. The molecular formula is C11H10BrNO2S2. The Morgan fingerprint density at radius 2 is 2.35 bits per heavy atom. The lowest BCUT2D eigenvalue weighted by atomic mass is 10.3. The van der Waals surface area contributed by atoms with Crippen molar-refractivity contribution in [3.05, 3.63) is 26.5 Å². The van der Waals surface area contributed by atoms with Crippen LogP contribution in [0.15, 0.2) is 15.9 Å². The molecule has 0 fully saturated rings. The van der Waals surface area contributed by atoms with E-state index in [0.717, 1.165) is 24.9 Å². The summed E-state index contributed by atoms with van der Waals surface area (Å²) in [5, 5.41) is 2.98. The summed E-state index contributed by atoms with van der Waals surface area (Å²) in [6.07, 6.45) is 0.298. The van der Waals surface area contributed by atoms with Crippen molar-refractivity contribution in [2.75, 3.05) is 7.11 Å². The Hall–Kier alpha value is -0.720. The Bertz CT molecular complexity index is 547. The quantitative estimate of drug-likeness (QED) is 0.805. The first-order chi connectivity index (χ1) is 8.10. The standard InChI is InChI=1S/C11H10BrNO2S2/c1-6-8(4-10(14)15-2)17-11(13-6)9-3-7(12)5-16-9/h3,5H,4H2,1-2H3. The number of methoxy groups -OCH3 is 1. The van der Waals surface area contributed by atoms with Crippen molar-refractivity contribution in [1.29, 1.82) is 0 Å². The maximum atomic E-state index is 11.2. The molecule has 2 aromatic heterocycles. The van der Waals surface area contributed by atoms with Gasteiger partial charge >= 0.3 is 5.97 Å². The molecule has 2 heterocycles. The average Bonchev–Trinajstić information content (AvgIpc) is 2.86. The molecule has 0 radical (unpaired) electrons. The molecule has 2 rings (SSSR count). The second kappa shape index (κ2) is 5.29.